The van der Waals surface area contributed by atoms with E-state index >= 15 is 0 Å². The molecule has 0 spiro atoms. The van der Waals surface area contributed by atoms with Crippen molar-refractivity contribution in [3.05, 3.63) is 39.9 Å². The molecule has 8 heteroatoms. The summed E-state index contributed by atoms with van der Waals surface area (Å²) >= 11 is 19.0. The van der Waals surface area contributed by atoms with Crippen LogP contribution in [0.2, 0.25) is 15.2 Å². The molecule has 1 aromatic carbocycles. The molecule has 0 aliphatic heterocycles. The van der Waals surface area contributed by atoms with Crippen LogP contribution in [0.5, 0.6) is 11.5 Å². The Kier molecular flexibility index (Phi) is 4.43. The summed E-state index contributed by atoms with van der Waals surface area (Å²) in [6.07, 6.45) is 3.04. The summed E-state index contributed by atoms with van der Waals surface area (Å²) in [6.45, 7) is 0. The van der Waals surface area contributed by atoms with E-state index in [1.54, 1.807) is 18.3 Å². The van der Waals surface area contributed by atoms with Gasteiger partial charge in [-0.15, -0.1) is 0 Å². The van der Waals surface area contributed by atoms with Crippen molar-refractivity contribution in [1.82, 2.24) is 15.0 Å². The summed E-state index contributed by atoms with van der Waals surface area (Å²) < 4.78 is 10.5. The lowest BCUT2D eigenvalue weighted by Crippen LogP contribution is -1.96. The van der Waals surface area contributed by atoms with Crippen molar-refractivity contribution in [1.29, 1.82) is 0 Å². The molecule has 3 rings (SSSR count). The number of hydrogen-bond acceptors (Lipinski definition) is 5. The van der Waals surface area contributed by atoms with Crippen LogP contribution in [-0.2, 0) is 0 Å². The molecule has 0 aliphatic carbocycles. The van der Waals surface area contributed by atoms with Gasteiger partial charge >= 0.3 is 0 Å². The Hall–Kier alpha value is -1.82. The fourth-order valence-corrected chi connectivity index (χ4v) is 3.14. The minimum absolute atomic E-state index is 0.230. The van der Waals surface area contributed by atoms with E-state index in [0.29, 0.717) is 38.3 Å². The third-order valence-electron chi connectivity index (χ3n) is 3.28. The van der Waals surface area contributed by atoms with Gasteiger partial charge in [-0.1, -0.05) is 34.8 Å². The van der Waals surface area contributed by atoms with Crippen molar-refractivity contribution >= 4 is 45.7 Å². The lowest BCUT2D eigenvalue weighted by Gasteiger charge is -2.14. The van der Waals surface area contributed by atoms with Crippen LogP contribution < -0.4 is 9.47 Å². The summed E-state index contributed by atoms with van der Waals surface area (Å²) in [5, 5.41) is 1.58. The summed E-state index contributed by atoms with van der Waals surface area (Å²) in [5.74, 6) is 0.843. The second kappa shape index (κ2) is 6.35. The van der Waals surface area contributed by atoms with Gasteiger partial charge in [0, 0.05) is 23.2 Å². The molecule has 0 bridgehead atoms. The highest BCUT2D eigenvalue weighted by Gasteiger charge is 2.20. The van der Waals surface area contributed by atoms with Crippen molar-refractivity contribution in [2.75, 3.05) is 14.2 Å². The molecule has 23 heavy (non-hydrogen) atoms. The molecule has 0 N–H and O–H groups in total. The van der Waals surface area contributed by atoms with Crippen LogP contribution in [0.15, 0.2) is 24.7 Å². The number of hydrogen-bond donors (Lipinski definition) is 0. The van der Waals surface area contributed by atoms with Gasteiger partial charge < -0.3 is 9.47 Å². The van der Waals surface area contributed by atoms with Gasteiger partial charge in [-0.2, -0.15) is 0 Å². The third-order valence-corrected chi connectivity index (χ3v) is 4.29. The van der Waals surface area contributed by atoms with Crippen molar-refractivity contribution < 1.29 is 9.47 Å². The molecule has 0 saturated carbocycles. The summed E-state index contributed by atoms with van der Waals surface area (Å²) in [5.41, 5.74) is 1.49. The Morgan fingerprint density at radius 1 is 0.957 bits per heavy atom. The molecule has 2 aromatic heterocycles. The normalized spacial score (nSPS) is 10.8. The SMILES string of the molecule is COc1cc(OC)c(Cl)c(-c2cc3cncnc3c(Cl)n2)c1Cl. The number of fused-ring (bicyclic) bond motifs is 1. The standard InChI is InChI=1S/C15H10Cl3N3O2/c1-22-9-4-10(23-2)13(17)11(12(9)16)8-3-7-5-19-6-20-14(7)15(18)21-8/h3-6H,1-2H3. The number of aromatic nitrogens is 3. The first-order chi connectivity index (χ1) is 11.1. The average molecular weight is 371 g/mol. The molecule has 0 saturated heterocycles. The Labute approximate surface area is 147 Å². The third kappa shape index (κ3) is 2.76. The Bertz CT molecular complexity index is 875. The lowest BCUT2D eigenvalue weighted by molar-refractivity contribution is 0.395. The molecule has 2 heterocycles. The van der Waals surface area contributed by atoms with E-state index in [0.717, 1.165) is 5.39 Å². The van der Waals surface area contributed by atoms with Crippen molar-refractivity contribution in [3.63, 3.8) is 0 Å². The number of pyridine rings is 1. The minimum Gasteiger partial charge on any atom is -0.495 e. The number of benzene rings is 1. The zero-order chi connectivity index (χ0) is 16.6. The van der Waals surface area contributed by atoms with Gasteiger partial charge in [-0.3, -0.25) is 0 Å². The van der Waals surface area contributed by atoms with E-state index in [9.17, 15) is 0 Å². The topological polar surface area (TPSA) is 57.1 Å². The summed E-state index contributed by atoms with van der Waals surface area (Å²) in [6, 6.07) is 3.37. The van der Waals surface area contributed by atoms with Crippen LogP contribution in [0.4, 0.5) is 0 Å². The van der Waals surface area contributed by atoms with Gasteiger partial charge in [0.2, 0.25) is 0 Å². The molecule has 118 valence electrons. The second-order valence-electron chi connectivity index (χ2n) is 4.54. The molecule has 0 radical (unpaired) electrons. The fraction of sp³-hybridized carbons (Fsp3) is 0.133. The molecule has 3 aromatic rings. The van der Waals surface area contributed by atoms with Crippen LogP contribution in [0.3, 0.4) is 0 Å². The molecular weight excluding hydrogens is 361 g/mol. The average Bonchev–Trinajstić information content (AvgIpc) is 2.55. The van der Waals surface area contributed by atoms with Gasteiger partial charge in [0.25, 0.3) is 0 Å². The van der Waals surface area contributed by atoms with E-state index < -0.39 is 0 Å². The fourth-order valence-electron chi connectivity index (χ4n) is 2.20. The van der Waals surface area contributed by atoms with Gasteiger partial charge in [0.1, 0.15) is 23.3 Å². The molecule has 0 aliphatic rings. The maximum Gasteiger partial charge on any atom is 0.156 e. The van der Waals surface area contributed by atoms with E-state index in [4.69, 9.17) is 44.3 Å². The maximum atomic E-state index is 6.40. The van der Waals surface area contributed by atoms with Crippen LogP contribution in [0, 0.1) is 0 Å². The smallest absolute Gasteiger partial charge is 0.156 e. The van der Waals surface area contributed by atoms with Crippen LogP contribution in [0.1, 0.15) is 0 Å². The number of ether oxygens (including phenoxy) is 2. The first kappa shape index (κ1) is 16.1. The zero-order valence-corrected chi connectivity index (χ0v) is 14.4. The van der Waals surface area contributed by atoms with Crippen molar-refractivity contribution in [2.24, 2.45) is 0 Å². The van der Waals surface area contributed by atoms with Crippen LogP contribution >= 0.6 is 34.8 Å². The molecule has 0 atom stereocenters. The molecular formula is C15H10Cl3N3O2. The van der Waals surface area contributed by atoms with Crippen molar-refractivity contribution in [3.8, 4) is 22.8 Å². The van der Waals surface area contributed by atoms with Gasteiger partial charge in [-0.05, 0) is 6.07 Å². The highest BCUT2D eigenvalue weighted by Crippen LogP contribution is 2.46. The second-order valence-corrected chi connectivity index (χ2v) is 5.66. The predicted molar refractivity (Wildman–Crippen MR) is 90.9 cm³/mol. The zero-order valence-electron chi connectivity index (χ0n) is 12.1. The van der Waals surface area contributed by atoms with E-state index in [-0.39, 0.29) is 5.15 Å². The van der Waals surface area contributed by atoms with Gasteiger partial charge in [-0.25, -0.2) is 15.0 Å². The number of halogens is 3. The highest BCUT2D eigenvalue weighted by molar-refractivity contribution is 6.41. The molecule has 0 fully saturated rings. The minimum atomic E-state index is 0.230. The molecule has 5 nitrogen and oxygen atoms in total. The van der Waals surface area contributed by atoms with Crippen molar-refractivity contribution in [2.45, 2.75) is 0 Å². The number of nitrogens with zero attached hydrogens (tertiary/aromatic N) is 3. The number of rotatable bonds is 3. The Morgan fingerprint density at radius 3 is 2.22 bits per heavy atom. The van der Waals surface area contributed by atoms with Gasteiger partial charge in [0.15, 0.2) is 5.15 Å². The Balaban J connectivity index is 2.34. The predicted octanol–water partition coefficient (Wildman–Crippen LogP) is 4.67. The molecule has 0 amide bonds. The van der Waals surface area contributed by atoms with Crippen LogP contribution in [0.25, 0.3) is 22.2 Å². The Morgan fingerprint density at radius 2 is 1.61 bits per heavy atom. The first-order valence-electron chi connectivity index (χ1n) is 6.43. The maximum absolute atomic E-state index is 6.40. The highest BCUT2D eigenvalue weighted by atomic mass is 35.5. The van der Waals surface area contributed by atoms with Crippen LogP contribution in [-0.4, -0.2) is 29.2 Å². The van der Waals surface area contributed by atoms with E-state index in [1.165, 1.54) is 20.5 Å². The summed E-state index contributed by atoms with van der Waals surface area (Å²) in [4.78, 5) is 12.4. The number of methoxy groups -OCH3 is 2. The monoisotopic (exact) mass is 369 g/mol. The summed E-state index contributed by atoms with van der Waals surface area (Å²) in [7, 11) is 3.01. The first-order valence-corrected chi connectivity index (χ1v) is 7.56. The van der Waals surface area contributed by atoms with E-state index in [1.807, 2.05) is 0 Å². The largest absolute Gasteiger partial charge is 0.495 e. The molecule has 0 unspecified atom stereocenters. The van der Waals surface area contributed by atoms with Gasteiger partial charge in [0.05, 0.1) is 30.0 Å². The lowest BCUT2D eigenvalue weighted by atomic mass is 10.1. The van der Waals surface area contributed by atoms with E-state index in [2.05, 4.69) is 15.0 Å². The quantitative estimate of drug-likeness (QED) is 0.627.